The van der Waals surface area contributed by atoms with Gasteiger partial charge in [-0.1, -0.05) is 6.92 Å². The maximum absolute atomic E-state index is 13.2. The number of rotatable bonds is 4. The van der Waals surface area contributed by atoms with Crippen molar-refractivity contribution >= 4 is 17.5 Å². The quantitative estimate of drug-likeness (QED) is 0.765. The first kappa shape index (κ1) is 24.7. The molecule has 0 radical (unpaired) electrons. The van der Waals surface area contributed by atoms with Crippen LogP contribution in [0.3, 0.4) is 0 Å². The Hall–Kier alpha value is -2.97. The minimum Gasteiger partial charge on any atom is -0.491 e. The number of methoxy groups -OCH3 is 1. The number of likely N-dealkylation sites (N-methyl/N-ethyl adjacent to an activating group) is 1. The summed E-state index contributed by atoms with van der Waals surface area (Å²) in [4.78, 5) is 32.9. The third kappa shape index (κ3) is 6.52. The Morgan fingerprint density at radius 3 is 2.61 bits per heavy atom. The zero-order valence-corrected chi connectivity index (χ0v) is 20.1. The van der Waals surface area contributed by atoms with Crippen LogP contribution in [-0.4, -0.2) is 72.6 Å². The molecule has 33 heavy (non-hydrogen) atoms. The van der Waals surface area contributed by atoms with Gasteiger partial charge in [-0.15, -0.1) is 0 Å². The van der Waals surface area contributed by atoms with Crippen LogP contribution in [0.5, 0.6) is 5.75 Å². The van der Waals surface area contributed by atoms with Gasteiger partial charge in [0, 0.05) is 70.9 Å². The second-order valence-electron chi connectivity index (χ2n) is 8.77. The fourth-order valence-electron chi connectivity index (χ4n) is 4.07. The smallest absolute Gasteiger partial charge is 0.257 e. The van der Waals surface area contributed by atoms with Crippen LogP contribution in [0, 0.1) is 5.92 Å². The number of fused-ring (bicyclic) bond motifs is 1. The molecule has 1 aromatic heterocycles. The van der Waals surface area contributed by atoms with Crippen molar-refractivity contribution in [3.8, 4) is 5.75 Å². The number of carbonyl (C=O) groups excluding carboxylic acids is 2. The van der Waals surface area contributed by atoms with Crippen LogP contribution in [0.1, 0.15) is 36.7 Å². The zero-order chi connectivity index (χ0) is 24.0. The summed E-state index contributed by atoms with van der Waals surface area (Å²) in [5.74, 6) is 0.322. The number of benzene rings is 1. The van der Waals surface area contributed by atoms with E-state index in [1.807, 2.05) is 12.1 Å². The molecule has 2 amide bonds. The minimum absolute atomic E-state index is 0.0719. The largest absolute Gasteiger partial charge is 0.491 e. The Balaban J connectivity index is 1.94. The molecule has 3 rings (SSSR count). The van der Waals surface area contributed by atoms with E-state index in [9.17, 15) is 9.59 Å². The highest BCUT2D eigenvalue weighted by atomic mass is 16.5. The SMILES string of the molecule is CO[C@@H]1CN(C)C(=O)c2ccc(NC(C)=O)cc2OC[C@H](C)N(Cc2ccncc2)C[C@@H]1C. The lowest BCUT2D eigenvalue weighted by Gasteiger charge is -2.36. The van der Waals surface area contributed by atoms with Gasteiger partial charge in [0.15, 0.2) is 0 Å². The Labute approximate surface area is 195 Å². The molecular weight excluding hydrogens is 420 g/mol. The molecule has 8 heteroatoms. The first-order chi connectivity index (χ1) is 15.8. The average Bonchev–Trinajstić information content (AvgIpc) is 2.79. The summed E-state index contributed by atoms with van der Waals surface area (Å²) in [5.41, 5.74) is 2.22. The van der Waals surface area contributed by atoms with Crippen LogP contribution in [0.25, 0.3) is 0 Å². The molecule has 0 saturated carbocycles. The predicted molar refractivity (Wildman–Crippen MR) is 127 cm³/mol. The zero-order valence-electron chi connectivity index (χ0n) is 20.1. The molecule has 1 aromatic carbocycles. The van der Waals surface area contributed by atoms with Crippen LogP contribution in [0.2, 0.25) is 0 Å². The summed E-state index contributed by atoms with van der Waals surface area (Å²) in [6.07, 6.45) is 3.48. The standard InChI is InChI=1S/C25H34N4O4/c1-17-13-29(14-20-8-10-26-11-9-20)18(2)16-33-23-12-21(27-19(3)30)6-7-22(23)25(31)28(4)15-24(17)32-5/h6-12,17-18,24H,13-16H2,1-5H3,(H,27,30)/t17-,18-,24+/m0/s1. The molecule has 2 aromatic rings. The number of ether oxygens (including phenoxy) is 2. The fraction of sp³-hybridized carbons (Fsp3) is 0.480. The van der Waals surface area contributed by atoms with Gasteiger partial charge in [0.25, 0.3) is 5.91 Å². The third-order valence-electron chi connectivity index (χ3n) is 6.03. The topological polar surface area (TPSA) is 84.0 Å². The van der Waals surface area contributed by atoms with Crippen LogP contribution in [0.15, 0.2) is 42.7 Å². The van der Waals surface area contributed by atoms with Gasteiger partial charge >= 0.3 is 0 Å². The van der Waals surface area contributed by atoms with Crippen molar-refractivity contribution in [2.24, 2.45) is 5.92 Å². The monoisotopic (exact) mass is 454 g/mol. The Bertz CT molecular complexity index is 953. The summed E-state index contributed by atoms with van der Waals surface area (Å²) >= 11 is 0. The molecule has 0 bridgehead atoms. The second kappa shape index (κ2) is 11.2. The number of nitrogens with zero attached hydrogens (tertiary/aromatic N) is 3. The van der Waals surface area contributed by atoms with E-state index in [0.29, 0.717) is 30.2 Å². The van der Waals surface area contributed by atoms with Crippen molar-refractivity contribution < 1.29 is 19.1 Å². The molecule has 178 valence electrons. The first-order valence-corrected chi connectivity index (χ1v) is 11.2. The van der Waals surface area contributed by atoms with E-state index in [0.717, 1.165) is 13.1 Å². The van der Waals surface area contributed by atoms with Gasteiger partial charge in [0.05, 0.1) is 11.7 Å². The maximum Gasteiger partial charge on any atom is 0.257 e. The molecule has 0 unspecified atom stereocenters. The summed E-state index contributed by atoms with van der Waals surface area (Å²) < 4.78 is 12.0. The average molecular weight is 455 g/mol. The number of pyridine rings is 1. The van der Waals surface area contributed by atoms with Crippen molar-refractivity contribution in [1.82, 2.24) is 14.8 Å². The van der Waals surface area contributed by atoms with E-state index in [1.54, 1.807) is 49.7 Å². The highest BCUT2D eigenvalue weighted by molar-refractivity contribution is 5.98. The van der Waals surface area contributed by atoms with Crippen molar-refractivity contribution in [3.05, 3.63) is 53.9 Å². The van der Waals surface area contributed by atoms with Gasteiger partial charge in [-0.05, 0) is 42.7 Å². The lowest BCUT2D eigenvalue weighted by atomic mass is 10.0. The van der Waals surface area contributed by atoms with E-state index in [2.05, 4.69) is 29.0 Å². The molecule has 0 aliphatic carbocycles. The van der Waals surface area contributed by atoms with E-state index in [1.165, 1.54) is 12.5 Å². The van der Waals surface area contributed by atoms with Gasteiger partial charge in [-0.2, -0.15) is 0 Å². The molecule has 1 aliphatic heterocycles. The molecular formula is C25H34N4O4. The van der Waals surface area contributed by atoms with Gasteiger partial charge in [0.2, 0.25) is 5.91 Å². The second-order valence-corrected chi connectivity index (χ2v) is 8.77. The number of hydrogen-bond acceptors (Lipinski definition) is 6. The summed E-state index contributed by atoms with van der Waals surface area (Å²) in [5, 5.41) is 2.76. The summed E-state index contributed by atoms with van der Waals surface area (Å²) in [6.45, 7) is 8.10. The molecule has 0 fully saturated rings. The van der Waals surface area contributed by atoms with Crippen LogP contribution >= 0.6 is 0 Å². The van der Waals surface area contributed by atoms with Gasteiger partial charge in [-0.25, -0.2) is 0 Å². The van der Waals surface area contributed by atoms with Gasteiger partial charge in [-0.3, -0.25) is 19.5 Å². The highest BCUT2D eigenvalue weighted by Crippen LogP contribution is 2.27. The van der Waals surface area contributed by atoms with Crippen molar-refractivity contribution in [3.63, 3.8) is 0 Å². The Kier molecular flexibility index (Phi) is 8.41. The van der Waals surface area contributed by atoms with Gasteiger partial charge in [0.1, 0.15) is 12.4 Å². The number of carbonyl (C=O) groups is 2. The van der Waals surface area contributed by atoms with Crippen LogP contribution in [-0.2, 0) is 16.1 Å². The molecule has 0 spiro atoms. The molecule has 0 saturated heterocycles. The minimum atomic E-state index is -0.180. The van der Waals surface area contributed by atoms with Crippen molar-refractivity contribution in [2.75, 3.05) is 39.2 Å². The lowest BCUT2D eigenvalue weighted by Crippen LogP contribution is -2.46. The van der Waals surface area contributed by atoms with E-state index < -0.39 is 0 Å². The Morgan fingerprint density at radius 2 is 1.94 bits per heavy atom. The Morgan fingerprint density at radius 1 is 1.21 bits per heavy atom. The number of nitrogens with one attached hydrogen (secondary N) is 1. The molecule has 1 N–H and O–H groups in total. The molecule has 3 atom stereocenters. The summed E-state index contributed by atoms with van der Waals surface area (Å²) in [6, 6.07) is 9.24. The number of anilines is 1. The predicted octanol–water partition coefficient (Wildman–Crippen LogP) is 3.05. The van der Waals surface area contributed by atoms with Crippen molar-refractivity contribution in [2.45, 2.75) is 39.5 Å². The van der Waals surface area contributed by atoms with Crippen LogP contribution < -0.4 is 10.1 Å². The first-order valence-electron chi connectivity index (χ1n) is 11.2. The summed E-state index contributed by atoms with van der Waals surface area (Å²) in [7, 11) is 3.47. The van der Waals surface area contributed by atoms with E-state index in [-0.39, 0.29) is 29.9 Å². The lowest BCUT2D eigenvalue weighted by molar-refractivity contribution is -0.114. The van der Waals surface area contributed by atoms with Crippen LogP contribution in [0.4, 0.5) is 5.69 Å². The van der Waals surface area contributed by atoms with E-state index in [4.69, 9.17) is 9.47 Å². The maximum atomic E-state index is 13.2. The number of hydrogen-bond donors (Lipinski definition) is 1. The van der Waals surface area contributed by atoms with Crippen molar-refractivity contribution in [1.29, 1.82) is 0 Å². The normalized spacial score (nSPS) is 22.5. The molecule has 2 heterocycles. The fourth-order valence-corrected chi connectivity index (χ4v) is 4.07. The number of amides is 2. The number of aromatic nitrogens is 1. The highest BCUT2D eigenvalue weighted by Gasteiger charge is 2.28. The molecule has 8 nitrogen and oxygen atoms in total. The van der Waals surface area contributed by atoms with E-state index >= 15 is 0 Å². The molecule has 1 aliphatic rings. The van der Waals surface area contributed by atoms with Gasteiger partial charge < -0.3 is 19.7 Å². The third-order valence-corrected chi connectivity index (χ3v) is 6.03.